The van der Waals surface area contributed by atoms with Crippen LogP contribution in [-0.2, 0) is 14.3 Å². The molecule has 0 saturated heterocycles. The highest BCUT2D eigenvalue weighted by molar-refractivity contribution is 6.06. The molecule has 1 unspecified atom stereocenters. The molecule has 0 aliphatic carbocycles. The van der Waals surface area contributed by atoms with Crippen LogP contribution in [-0.4, -0.2) is 29.8 Å². The maximum atomic E-state index is 12.5. The summed E-state index contributed by atoms with van der Waals surface area (Å²) in [6.45, 7) is 6.74. The van der Waals surface area contributed by atoms with E-state index in [1.807, 2.05) is 0 Å². The lowest BCUT2D eigenvalue weighted by Crippen LogP contribution is -2.28. The Kier molecular flexibility index (Phi) is 5.81. The number of esters is 1. The van der Waals surface area contributed by atoms with E-state index in [1.54, 1.807) is 27.7 Å². The Morgan fingerprint density at radius 1 is 1.27 bits per heavy atom. The average molecular weight is 363 g/mol. The molecule has 0 fully saturated rings. The van der Waals surface area contributed by atoms with Gasteiger partial charge in [-0.15, -0.1) is 0 Å². The molecule has 140 valence electrons. The van der Waals surface area contributed by atoms with Crippen LogP contribution in [0.15, 0.2) is 44.3 Å². The Balaban J connectivity index is 2.69. The second kappa shape index (κ2) is 7.85. The largest absolute Gasteiger partial charge is 0.613 e. The first-order valence-corrected chi connectivity index (χ1v) is 8.03. The number of carbonyl (C=O) groups excluding carboxylic acids is 1. The summed E-state index contributed by atoms with van der Waals surface area (Å²) >= 11 is 0. The molecule has 0 N–H and O–H groups in total. The third kappa shape index (κ3) is 3.61. The van der Waals surface area contributed by atoms with Gasteiger partial charge in [-0.2, -0.15) is 0 Å². The fourth-order valence-electron chi connectivity index (χ4n) is 2.76. The lowest BCUT2D eigenvalue weighted by Gasteiger charge is -2.29. The van der Waals surface area contributed by atoms with Crippen molar-refractivity contribution in [1.82, 2.24) is 0 Å². The molecule has 1 aliphatic heterocycles. The van der Waals surface area contributed by atoms with Crippen LogP contribution in [0.25, 0.3) is 0 Å². The molecule has 1 aromatic heterocycles. The highest BCUT2D eigenvalue weighted by Crippen LogP contribution is 2.41. The van der Waals surface area contributed by atoms with Crippen LogP contribution >= 0.6 is 0 Å². The maximum absolute atomic E-state index is 12.5. The summed E-state index contributed by atoms with van der Waals surface area (Å²) in [5.41, 5.74) is 0.866. The first-order valence-electron chi connectivity index (χ1n) is 8.03. The molecule has 2 heterocycles. The van der Waals surface area contributed by atoms with E-state index in [0.717, 1.165) is 6.07 Å². The highest BCUT2D eigenvalue weighted by atomic mass is 16.6. The second-order valence-corrected chi connectivity index (χ2v) is 5.42. The standard InChI is InChI=1S/C17H20N2O7/c1-5-24-16(20)13-9(3)18-10(4)14(17(21)25-6-2)15(13)11-7-8-12(26-11)19(22)23/h7-8,15,20H,5-6H2,1-4H3/p-1. The number of carbonyl (C=O) groups is 1. The van der Waals surface area contributed by atoms with E-state index in [2.05, 4.69) is 4.99 Å². The second-order valence-electron chi connectivity index (χ2n) is 5.42. The predicted octanol–water partition coefficient (Wildman–Crippen LogP) is 2.19. The highest BCUT2D eigenvalue weighted by Gasteiger charge is 2.37. The van der Waals surface area contributed by atoms with Crippen molar-refractivity contribution in [2.45, 2.75) is 33.6 Å². The molecule has 0 aromatic carbocycles. The molecular weight excluding hydrogens is 344 g/mol. The van der Waals surface area contributed by atoms with E-state index in [4.69, 9.17) is 13.9 Å². The van der Waals surface area contributed by atoms with Crippen molar-refractivity contribution in [2.75, 3.05) is 13.2 Å². The minimum atomic E-state index is -1.00. The third-order valence-electron chi connectivity index (χ3n) is 3.76. The number of hydrogen-bond acceptors (Lipinski definition) is 8. The minimum absolute atomic E-state index is 0.0661. The third-order valence-corrected chi connectivity index (χ3v) is 3.76. The van der Waals surface area contributed by atoms with Crippen LogP contribution < -0.4 is 5.11 Å². The van der Waals surface area contributed by atoms with E-state index >= 15 is 0 Å². The van der Waals surface area contributed by atoms with Crippen molar-refractivity contribution in [1.29, 1.82) is 0 Å². The van der Waals surface area contributed by atoms with Gasteiger partial charge in [0.1, 0.15) is 10.7 Å². The molecule has 1 aliphatic rings. The van der Waals surface area contributed by atoms with Gasteiger partial charge >= 0.3 is 11.9 Å². The van der Waals surface area contributed by atoms with Gasteiger partial charge in [-0.05, 0) is 33.4 Å². The van der Waals surface area contributed by atoms with Gasteiger partial charge in [0.15, 0.2) is 0 Å². The Morgan fingerprint density at radius 2 is 1.92 bits per heavy atom. The van der Waals surface area contributed by atoms with E-state index in [9.17, 15) is 20.0 Å². The number of ether oxygens (including phenoxy) is 2. The monoisotopic (exact) mass is 363 g/mol. The van der Waals surface area contributed by atoms with Crippen LogP contribution in [0.4, 0.5) is 5.88 Å². The van der Waals surface area contributed by atoms with Gasteiger partial charge in [0.05, 0.1) is 30.1 Å². The fourth-order valence-corrected chi connectivity index (χ4v) is 2.76. The number of nitro groups is 1. The van der Waals surface area contributed by atoms with E-state index in [0.29, 0.717) is 11.4 Å². The van der Waals surface area contributed by atoms with Crippen molar-refractivity contribution in [3.63, 3.8) is 0 Å². The summed E-state index contributed by atoms with van der Waals surface area (Å²) in [6.07, 6.45) is 0. The molecule has 2 rings (SSSR count). The van der Waals surface area contributed by atoms with Gasteiger partial charge in [-0.25, -0.2) is 4.79 Å². The van der Waals surface area contributed by atoms with Crippen molar-refractivity contribution in [2.24, 2.45) is 4.99 Å². The number of allylic oxidation sites excluding steroid dienone is 2. The molecule has 0 saturated carbocycles. The number of hydrogen-bond donors (Lipinski definition) is 0. The molecule has 1 aromatic rings. The maximum Gasteiger partial charge on any atom is 0.433 e. The van der Waals surface area contributed by atoms with Crippen LogP contribution in [0, 0.1) is 10.1 Å². The number of furan rings is 1. The van der Waals surface area contributed by atoms with Crippen molar-refractivity contribution in [3.05, 3.63) is 50.8 Å². The molecule has 26 heavy (non-hydrogen) atoms. The molecule has 0 bridgehead atoms. The zero-order valence-corrected chi connectivity index (χ0v) is 14.9. The molecule has 0 spiro atoms. The average Bonchev–Trinajstić information content (AvgIpc) is 3.04. The van der Waals surface area contributed by atoms with Gasteiger partial charge in [0.25, 0.3) is 0 Å². The minimum Gasteiger partial charge on any atom is -0.613 e. The van der Waals surface area contributed by atoms with Gasteiger partial charge in [0.2, 0.25) is 0 Å². The summed E-state index contributed by atoms with van der Waals surface area (Å²) in [4.78, 5) is 27.0. The quantitative estimate of drug-likeness (QED) is 0.328. The number of aliphatic imine (C=N–C) groups is 1. The van der Waals surface area contributed by atoms with Gasteiger partial charge in [0, 0.05) is 17.0 Å². The summed E-state index contributed by atoms with van der Waals surface area (Å²) in [7, 11) is 0. The zero-order chi connectivity index (χ0) is 19.4. The normalized spacial score (nSPS) is 19.1. The van der Waals surface area contributed by atoms with Crippen LogP contribution in [0.2, 0.25) is 0 Å². The first-order chi connectivity index (χ1) is 12.3. The van der Waals surface area contributed by atoms with Crippen LogP contribution in [0.1, 0.15) is 39.4 Å². The lowest BCUT2D eigenvalue weighted by molar-refractivity contribution is -0.402. The molecule has 0 radical (unpaired) electrons. The van der Waals surface area contributed by atoms with Gasteiger partial charge < -0.3 is 19.0 Å². The zero-order valence-electron chi connectivity index (χ0n) is 14.9. The predicted molar refractivity (Wildman–Crippen MR) is 89.2 cm³/mol. The van der Waals surface area contributed by atoms with E-state index in [1.165, 1.54) is 6.07 Å². The molecule has 9 nitrogen and oxygen atoms in total. The summed E-state index contributed by atoms with van der Waals surface area (Å²) in [6, 6.07) is 2.52. The van der Waals surface area contributed by atoms with Gasteiger partial charge in [-0.3, -0.25) is 15.1 Å². The van der Waals surface area contributed by atoms with Gasteiger partial charge in [-0.1, -0.05) is 6.92 Å². The smallest absolute Gasteiger partial charge is 0.433 e. The molecule has 1 atom stereocenters. The Labute approximate surface area is 149 Å². The topological polar surface area (TPSA) is 127 Å². The summed E-state index contributed by atoms with van der Waals surface area (Å²) in [5, 5.41) is 23.4. The SMILES string of the molecule is CCOC(=O)C1=C(C)N=C(C)C(=C([O-])OCC)C1c1ccc([N+](=O)[O-])o1. The van der Waals surface area contributed by atoms with Crippen LogP contribution in [0.3, 0.4) is 0 Å². The number of nitrogens with zero attached hydrogens (tertiary/aromatic N) is 2. The summed E-state index contributed by atoms with van der Waals surface area (Å²) in [5.74, 6) is -2.78. The molecule has 9 heteroatoms. The lowest BCUT2D eigenvalue weighted by atomic mass is 9.83. The fraction of sp³-hybridized carbons (Fsp3) is 0.412. The van der Waals surface area contributed by atoms with Crippen LogP contribution in [0.5, 0.6) is 0 Å². The molecular formula is C17H19N2O7-. The Hall–Kier alpha value is -3.10. The molecule has 0 amide bonds. The van der Waals surface area contributed by atoms with Crippen molar-refractivity contribution >= 4 is 17.6 Å². The van der Waals surface area contributed by atoms with E-state index in [-0.39, 0.29) is 30.1 Å². The Morgan fingerprint density at radius 3 is 2.46 bits per heavy atom. The number of rotatable bonds is 6. The van der Waals surface area contributed by atoms with E-state index < -0.39 is 28.6 Å². The van der Waals surface area contributed by atoms with Crippen molar-refractivity contribution < 1.29 is 28.7 Å². The first kappa shape index (κ1) is 19.2. The summed E-state index contributed by atoms with van der Waals surface area (Å²) < 4.78 is 15.4. The Bertz CT molecular complexity index is 817. The van der Waals surface area contributed by atoms with Crippen molar-refractivity contribution in [3.8, 4) is 0 Å².